The fourth-order valence-corrected chi connectivity index (χ4v) is 2.03. The quantitative estimate of drug-likeness (QED) is 0.841. The second-order valence-electron chi connectivity index (χ2n) is 4.93. The normalized spacial score (nSPS) is 12.1. The van der Waals surface area contributed by atoms with Crippen LogP contribution in [0.2, 0.25) is 0 Å². The molecule has 3 heteroatoms. The van der Waals surface area contributed by atoms with E-state index in [0.29, 0.717) is 6.04 Å². The maximum Gasteiger partial charge on any atom is 0.127 e. The van der Waals surface area contributed by atoms with Gasteiger partial charge in [0.15, 0.2) is 0 Å². The molecular weight excluding hydrogens is 250 g/mol. The highest BCUT2D eigenvalue weighted by molar-refractivity contribution is 5.33. The van der Waals surface area contributed by atoms with Gasteiger partial charge in [0.05, 0.1) is 6.61 Å². The molecule has 1 atom stereocenters. The van der Waals surface area contributed by atoms with E-state index < -0.39 is 0 Å². The first-order valence-corrected chi connectivity index (χ1v) is 6.92. The van der Waals surface area contributed by atoms with Crippen LogP contribution in [0.3, 0.4) is 0 Å². The molecule has 0 bridgehead atoms. The number of quaternary nitrogens is 1. The van der Waals surface area contributed by atoms with E-state index in [9.17, 15) is 0 Å². The van der Waals surface area contributed by atoms with Crippen LogP contribution in [0.1, 0.15) is 12.5 Å². The van der Waals surface area contributed by atoms with Gasteiger partial charge in [-0.25, -0.2) is 0 Å². The third-order valence-corrected chi connectivity index (χ3v) is 3.06. The van der Waals surface area contributed by atoms with Gasteiger partial charge in [0, 0.05) is 12.7 Å². The van der Waals surface area contributed by atoms with Crippen molar-refractivity contribution >= 4 is 0 Å². The van der Waals surface area contributed by atoms with Crippen LogP contribution in [0.4, 0.5) is 0 Å². The van der Waals surface area contributed by atoms with Gasteiger partial charge < -0.3 is 14.8 Å². The van der Waals surface area contributed by atoms with Crippen LogP contribution in [-0.4, -0.2) is 19.8 Å². The lowest BCUT2D eigenvalue weighted by molar-refractivity contribution is -0.702. The Balaban J connectivity index is 1.94. The van der Waals surface area contributed by atoms with Gasteiger partial charge in [-0.05, 0) is 31.2 Å². The first kappa shape index (κ1) is 14.6. The predicted molar refractivity (Wildman–Crippen MR) is 79.9 cm³/mol. The van der Waals surface area contributed by atoms with Gasteiger partial charge in [-0.2, -0.15) is 0 Å². The lowest BCUT2D eigenvalue weighted by atomic mass is 10.2. The highest BCUT2D eigenvalue weighted by Gasteiger charge is 2.05. The molecular formula is C17H22NO2+. The number of para-hydroxylation sites is 1. The van der Waals surface area contributed by atoms with Gasteiger partial charge >= 0.3 is 0 Å². The van der Waals surface area contributed by atoms with E-state index in [4.69, 9.17) is 9.47 Å². The molecule has 0 aromatic heterocycles. The molecule has 0 aliphatic heterocycles. The van der Waals surface area contributed by atoms with Crippen LogP contribution in [0.25, 0.3) is 0 Å². The molecule has 3 nitrogen and oxygen atoms in total. The van der Waals surface area contributed by atoms with Crippen molar-refractivity contribution in [3.05, 3.63) is 60.2 Å². The molecule has 2 aromatic rings. The highest BCUT2D eigenvalue weighted by Crippen LogP contribution is 2.21. The second-order valence-corrected chi connectivity index (χ2v) is 4.93. The zero-order valence-electron chi connectivity index (χ0n) is 12.1. The average molecular weight is 272 g/mol. The first-order chi connectivity index (χ1) is 9.78. The second kappa shape index (κ2) is 7.68. The first-order valence-electron chi connectivity index (χ1n) is 6.92. The molecule has 0 spiro atoms. The molecule has 2 rings (SSSR count). The third kappa shape index (κ3) is 4.68. The summed E-state index contributed by atoms with van der Waals surface area (Å²) in [6.07, 6.45) is 0. The number of nitrogens with two attached hydrogens (primary N) is 1. The summed E-state index contributed by atoms with van der Waals surface area (Å²) in [5, 5.41) is 2.27. The molecule has 0 heterocycles. The van der Waals surface area contributed by atoms with Gasteiger partial charge in [0.1, 0.15) is 24.1 Å². The standard InChI is InChI=1S/C17H21NO2/c1-14(13-19-2)18-12-15-7-6-10-17(11-15)20-16-8-4-3-5-9-16/h3-11,14,18H,12-13H2,1-2H3/p+1. The van der Waals surface area contributed by atoms with E-state index in [0.717, 1.165) is 24.7 Å². The van der Waals surface area contributed by atoms with E-state index in [1.165, 1.54) is 5.56 Å². The summed E-state index contributed by atoms with van der Waals surface area (Å²) in [4.78, 5) is 0. The molecule has 0 radical (unpaired) electrons. The summed E-state index contributed by atoms with van der Waals surface area (Å²) in [5.74, 6) is 1.74. The summed E-state index contributed by atoms with van der Waals surface area (Å²) >= 11 is 0. The van der Waals surface area contributed by atoms with Crippen molar-refractivity contribution in [3.63, 3.8) is 0 Å². The van der Waals surface area contributed by atoms with Crippen molar-refractivity contribution < 1.29 is 14.8 Å². The number of rotatable bonds is 7. The number of ether oxygens (including phenoxy) is 2. The molecule has 2 N–H and O–H groups in total. The van der Waals surface area contributed by atoms with Gasteiger partial charge in [-0.3, -0.25) is 0 Å². The van der Waals surface area contributed by atoms with Crippen LogP contribution in [0, 0.1) is 0 Å². The number of methoxy groups -OCH3 is 1. The summed E-state index contributed by atoms with van der Waals surface area (Å²) < 4.78 is 11.0. The Bertz CT molecular complexity index is 513. The average Bonchev–Trinajstić information content (AvgIpc) is 2.47. The third-order valence-electron chi connectivity index (χ3n) is 3.06. The Labute approximate surface area is 120 Å². The van der Waals surface area contributed by atoms with Crippen LogP contribution < -0.4 is 10.1 Å². The monoisotopic (exact) mass is 272 g/mol. The molecule has 0 saturated carbocycles. The van der Waals surface area contributed by atoms with Crippen molar-refractivity contribution in [3.8, 4) is 11.5 Å². The Morgan fingerprint density at radius 2 is 1.75 bits per heavy atom. The molecule has 0 fully saturated rings. The minimum Gasteiger partial charge on any atom is -0.457 e. The Kier molecular flexibility index (Phi) is 5.59. The fraction of sp³-hybridized carbons (Fsp3) is 0.294. The molecule has 0 amide bonds. The summed E-state index contributed by atoms with van der Waals surface area (Å²) in [6, 6.07) is 18.5. The molecule has 0 saturated heterocycles. The Morgan fingerprint density at radius 1 is 1.00 bits per heavy atom. The molecule has 1 unspecified atom stereocenters. The van der Waals surface area contributed by atoms with Gasteiger partial charge in [0.25, 0.3) is 0 Å². The summed E-state index contributed by atoms with van der Waals surface area (Å²) in [7, 11) is 1.73. The Hall–Kier alpha value is -1.84. The van der Waals surface area contributed by atoms with Crippen LogP contribution >= 0.6 is 0 Å². The maximum atomic E-state index is 5.83. The lowest BCUT2D eigenvalue weighted by Crippen LogP contribution is -2.88. The zero-order valence-corrected chi connectivity index (χ0v) is 12.1. The minimum absolute atomic E-state index is 0.457. The topological polar surface area (TPSA) is 35.1 Å². The van der Waals surface area contributed by atoms with Gasteiger partial charge in [-0.15, -0.1) is 0 Å². The van der Waals surface area contributed by atoms with Crippen molar-refractivity contribution in [1.29, 1.82) is 0 Å². The minimum atomic E-state index is 0.457. The largest absolute Gasteiger partial charge is 0.457 e. The lowest BCUT2D eigenvalue weighted by Gasteiger charge is -2.10. The smallest absolute Gasteiger partial charge is 0.127 e. The van der Waals surface area contributed by atoms with E-state index in [2.05, 4.69) is 24.4 Å². The van der Waals surface area contributed by atoms with E-state index in [1.807, 2.05) is 42.5 Å². The Morgan fingerprint density at radius 3 is 2.50 bits per heavy atom. The highest BCUT2D eigenvalue weighted by atomic mass is 16.5. The van der Waals surface area contributed by atoms with Gasteiger partial charge in [0.2, 0.25) is 0 Å². The van der Waals surface area contributed by atoms with E-state index in [-0.39, 0.29) is 0 Å². The van der Waals surface area contributed by atoms with Crippen molar-refractivity contribution in [1.82, 2.24) is 0 Å². The van der Waals surface area contributed by atoms with Crippen LogP contribution in [-0.2, 0) is 11.3 Å². The molecule has 2 aromatic carbocycles. The predicted octanol–water partition coefficient (Wildman–Crippen LogP) is 2.58. The molecule has 0 aliphatic carbocycles. The maximum absolute atomic E-state index is 5.83. The SMILES string of the molecule is COCC(C)[NH2+]Cc1cccc(Oc2ccccc2)c1. The van der Waals surface area contributed by atoms with Crippen molar-refractivity contribution in [2.45, 2.75) is 19.5 Å². The zero-order chi connectivity index (χ0) is 14.2. The van der Waals surface area contributed by atoms with Crippen molar-refractivity contribution in [2.24, 2.45) is 0 Å². The molecule has 0 aliphatic rings. The van der Waals surface area contributed by atoms with Crippen molar-refractivity contribution in [2.75, 3.05) is 13.7 Å². The number of hydrogen-bond donors (Lipinski definition) is 1. The van der Waals surface area contributed by atoms with Crippen LogP contribution in [0.15, 0.2) is 54.6 Å². The van der Waals surface area contributed by atoms with Crippen LogP contribution in [0.5, 0.6) is 11.5 Å². The summed E-state index contributed by atoms with van der Waals surface area (Å²) in [6.45, 7) is 3.85. The molecule has 20 heavy (non-hydrogen) atoms. The molecule has 106 valence electrons. The van der Waals surface area contributed by atoms with Gasteiger partial charge in [-0.1, -0.05) is 30.3 Å². The van der Waals surface area contributed by atoms with E-state index >= 15 is 0 Å². The number of hydrogen-bond acceptors (Lipinski definition) is 2. The number of benzene rings is 2. The van der Waals surface area contributed by atoms with E-state index in [1.54, 1.807) is 7.11 Å². The fourth-order valence-electron chi connectivity index (χ4n) is 2.03. The summed E-state index contributed by atoms with van der Waals surface area (Å²) in [5.41, 5.74) is 1.25.